The highest BCUT2D eigenvalue weighted by atomic mass is 16.5. The van der Waals surface area contributed by atoms with E-state index in [0.717, 1.165) is 19.1 Å². The van der Waals surface area contributed by atoms with Gasteiger partial charge in [0.15, 0.2) is 0 Å². The van der Waals surface area contributed by atoms with Gasteiger partial charge in [0.25, 0.3) is 0 Å². The highest BCUT2D eigenvalue weighted by molar-refractivity contribution is 4.93. The topological polar surface area (TPSA) is 31.0 Å². The van der Waals surface area contributed by atoms with Crippen LogP contribution in [0.1, 0.15) is 90.4 Å². The van der Waals surface area contributed by atoms with E-state index in [9.17, 15) is 0 Å². The largest absolute Gasteiger partial charge is 0.359 e. The number of hydrazine groups is 1. The summed E-state index contributed by atoms with van der Waals surface area (Å²) in [6.45, 7) is 10.8. The van der Waals surface area contributed by atoms with Crippen LogP contribution in [0, 0.1) is 0 Å². The Hall–Kier alpha value is -0.200. The number of nitrogens with zero attached hydrogens (tertiary/aromatic N) is 3. The van der Waals surface area contributed by atoms with Gasteiger partial charge in [0.1, 0.15) is 5.72 Å². The second-order valence-electron chi connectivity index (χ2n) is 10.1. The number of rotatable bonds is 9. The fraction of sp³-hybridized carbons (Fsp3) is 1.00. The molecule has 1 N–H and O–H groups in total. The molecule has 2 unspecified atom stereocenters. The summed E-state index contributed by atoms with van der Waals surface area (Å²) in [7, 11) is 0. The lowest BCUT2D eigenvalue weighted by molar-refractivity contribution is -0.0858. The highest BCUT2D eigenvalue weighted by Crippen LogP contribution is 2.34. The molecule has 0 aromatic heterocycles. The lowest BCUT2D eigenvalue weighted by Crippen LogP contribution is -2.51. The lowest BCUT2D eigenvalue weighted by Gasteiger charge is -2.40. The van der Waals surface area contributed by atoms with Crippen molar-refractivity contribution < 1.29 is 4.74 Å². The predicted octanol–water partition coefficient (Wildman–Crippen LogP) is 3.99. The molecule has 4 rings (SSSR count). The van der Waals surface area contributed by atoms with E-state index in [0.29, 0.717) is 6.04 Å². The molecule has 29 heavy (non-hydrogen) atoms. The van der Waals surface area contributed by atoms with Crippen molar-refractivity contribution in [2.75, 3.05) is 45.9 Å². The molecule has 0 aromatic carbocycles. The van der Waals surface area contributed by atoms with Crippen molar-refractivity contribution in [2.24, 2.45) is 0 Å². The molecular formula is C24H46N4O. The first-order chi connectivity index (χ1) is 14.3. The fourth-order valence-electron chi connectivity index (χ4n) is 6.28. The molecule has 0 radical (unpaired) electrons. The zero-order valence-electron chi connectivity index (χ0n) is 19.0. The van der Waals surface area contributed by atoms with E-state index in [4.69, 9.17) is 4.74 Å². The van der Waals surface area contributed by atoms with Crippen molar-refractivity contribution in [3.05, 3.63) is 0 Å². The van der Waals surface area contributed by atoms with Gasteiger partial charge in [-0.2, -0.15) is 0 Å². The summed E-state index contributed by atoms with van der Waals surface area (Å²) in [6.07, 6.45) is 17.3. The Kier molecular flexibility index (Phi) is 8.27. The van der Waals surface area contributed by atoms with Gasteiger partial charge >= 0.3 is 0 Å². The van der Waals surface area contributed by atoms with Crippen LogP contribution in [0.15, 0.2) is 0 Å². The second-order valence-corrected chi connectivity index (χ2v) is 10.1. The maximum Gasteiger partial charge on any atom is 0.133 e. The molecule has 3 heterocycles. The van der Waals surface area contributed by atoms with Crippen LogP contribution in [0.2, 0.25) is 0 Å². The molecule has 3 saturated heterocycles. The molecule has 5 heteroatoms. The summed E-state index contributed by atoms with van der Waals surface area (Å²) in [6, 6.07) is 1.60. The first kappa shape index (κ1) is 22.0. The molecule has 0 aromatic rings. The quantitative estimate of drug-likeness (QED) is 0.585. The van der Waals surface area contributed by atoms with Crippen LogP contribution in [0.25, 0.3) is 0 Å². The molecule has 3 aliphatic heterocycles. The minimum atomic E-state index is -0.0740. The van der Waals surface area contributed by atoms with Crippen LogP contribution in [0.4, 0.5) is 0 Å². The summed E-state index contributed by atoms with van der Waals surface area (Å²) in [5, 5.41) is 2.49. The maximum absolute atomic E-state index is 6.53. The molecule has 1 saturated carbocycles. The third-order valence-corrected chi connectivity index (χ3v) is 7.94. The van der Waals surface area contributed by atoms with E-state index >= 15 is 0 Å². The molecule has 0 bridgehead atoms. The van der Waals surface area contributed by atoms with Gasteiger partial charge in [-0.05, 0) is 51.5 Å². The third kappa shape index (κ3) is 5.94. The van der Waals surface area contributed by atoms with Crippen LogP contribution in [0.5, 0.6) is 0 Å². The van der Waals surface area contributed by atoms with Crippen LogP contribution in [0.3, 0.4) is 0 Å². The third-order valence-electron chi connectivity index (χ3n) is 7.94. The Balaban J connectivity index is 1.11. The SMILES string of the molecule is CCCC1(OCCCCN2CCN(C3CCCCC3)CC2)CC2CCCCN2N1. The average molecular weight is 407 g/mol. The van der Waals surface area contributed by atoms with E-state index in [2.05, 4.69) is 27.2 Å². The number of nitrogens with one attached hydrogen (secondary N) is 1. The minimum absolute atomic E-state index is 0.0740. The van der Waals surface area contributed by atoms with Gasteiger partial charge in [0.2, 0.25) is 0 Å². The van der Waals surface area contributed by atoms with E-state index in [1.54, 1.807) is 0 Å². The Morgan fingerprint density at radius 2 is 1.62 bits per heavy atom. The van der Waals surface area contributed by atoms with Gasteiger partial charge in [0, 0.05) is 57.8 Å². The summed E-state index contributed by atoms with van der Waals surface area (Å²) in [4.78, 5) is 5.48. The standard InChI is InChI=1S/C24H46N4O/c1-2-13-24(21-23-12-6-7-15-28(23)25-24)29-20-9-8-14-26-16-18-27(19-17-26)22-10-4-3-5-11-22/h22-23,25H,2-21H2,1H3. The van der Waals surface area contributed by atoms with E-state index in [1.807, 2.05) is 0 Å². The molecule has 0 amide bonds. The Labute approximate surface area is 179 Å². The molecule has 0 spiro atoms. The van der Waals surface area contributed by atoms with Gasteiger partial charge in [0.05, 0.1) is 0 Å². The number of fused-ring (bicyclic) bond motifs is 1. The van der Waals surface area contributed by atoms with Crippen molar-refractivity contribution >= 4 is 0 Å². The van der Waals surface area contributed by atoms with Crippen molar-refractivity contribution in [3.63, 3.8) is 0 Å². The van der Waals surface area contributed by atoms with Crippen molar-refractivity contribution in [1.82, 2.24) is 20.2 Å². The molecule has 1 aliphatic carbocycles. The Morgan fingerprint density at radius 3 is 2.38 bits per heavy atom. The fourth-order valence-corrected chi connectivity index (χ4v) is 6.28. The molecule has 2 atom stereocenters. The summed E-state index contributed by atoms with van der Waals surface area (Å²) >= 11 is 0. The molecule has 168 valence electrons. The maximum atomic E-state index is 6.53. The summed E-state index contributed by atoms with van der Waals surface area (Å²) in [5.41, 5.74) is 3.70. The van der Waals surface area contributed by atoms with Crippen LogP contribution < -0.4 is 5.43 Å². The second kappa shape index (κ2) is 10.9. The first-order valence-corrected chi connectivity index (χ1v) is 12.9. The van der Waals surface area contributed by atoms with Gasteiger partial charge in [-0.1, -0.05) is 39.0 Å². The van der Waals surface area contributed by atoms with Crippen LogP contribution >= 0.6 is 0 Å². The molecule has 5 nitrogen and oxygen atoms in total. The van der Waals surface area contributed by atoms with Gasteiger partial charge in [-0.25, -0.2) is 10.4 Å². The average Bonchev–Trinajstić information content (AvgIpc) is 3.13. The van der Waals surface area contributed by atoms with Crippen LogP contribution in [-0.4, -0.2) is 78.5 Å². The predicted molar refractivity (Wildman–Crippen MR) is 120 cm³/mol. The van der Waals surface area contributed by atoms with E-state index < -0.39 is 0 Å². The van der Waals surface area contributed by atoms with Crippen molar-refractivity contribution in [3.8, 4) is 0 Å². The monoisotopic (exact) mass is 406 g/mol. The van der Waals surface area contributed by atoms with Gasteiger partial charge in [-0.3, -0.25) is 4.90 Å². The minimum Gasteiger partial charge on any atom is -0.359 e. The number of piperazine rings is 1. The Bertz CT molecular complexity index is 460. The number of piperidine rings is 1. The number of hydrogen-bond acceptors (Lipinski definition) is 5. The Morgan fingerprint density at radius 1 is 0.862 bits per heavy atom. The van der Waals surface area contributed by atoms with E-state index in [-0.39, 0.29) is 5.72 Å². The number of ether oxygens (including phenoxy) is 1. The summed E-state index contributed by atoms with van der Waals surface area (Å²) in [5.74, 6) is 0. The van der Waals surface area contributed by atoms with Crippen molar-refractivity contribution in [1.29, 1.82) is 0 Å². The van der Waals surface area contributed by atoms with E-state index in [1.165, 1.54) is 116 Å². The molecule has 4 aliphatic rings. The number of hydrogen-bond donors (Lipinski definition) is 1. The lowest BCUT2D eigenvalue weighted by atomic mass is 9.94. The summed E-state index contributed by atoms with van der Waals surface area (Å²) < 4.78 is 6.53. The smallest absolute Gasteiger partial charge is 0.133 e. The molecule has 4 fully saturated rings. The molecular weight excluding hydrogens is 360 g/mol. The zero-order chi connectivity index (χ0) is 19.9. The number of unbranched alkanes of at least 4 members (excludes halogenated alkanes) is 1. The van der Waals surface area contributed by atoms with Crippen LogP contribution in [-0.2, 0) is 4.74 Å². The zero-order valence-corrected chi connectivity index (χ0v) is 19.0. The van der Waals surface area contributed by atoms with Crippen molar-refractivity contribution in [2.45, 2.75) is 108 Å². The van der Waals surface area contributed by atoms with Gasteiger partial charge in [-0.15, -0.1) is 0 Å². The normalized spacial score (nSPS) is 33.2. The highest BCUT2D eigenvalue weighted by Gasteiger charge is 2.44. The van der Waals surface area contributed by atoms with Gasteiger partial charge < -0.3 is 9.64 Å². The first-order valence-electron chi connectivity index (χ1n) is 12.9.